The van der Waals surface area contributed by atoms with E-state index in [1.165, 1.54) is 257 Å². The highest BCUT2D eigenvalue weighted by molar-refractivity contribution is 7.47. The standard InChI is InChI=1S/C66H131N2O7P/c1-7-10-13-16-19-22-25-28-29-30-31-32-33-34-35-36-37-38-39-41-44-47-50-53-56-59-66(70)75-64(57-54-51-48-45-42-27-24-21-18-15-12-9-3)63(62-74-76(71,72)73-61-60-68(4,5)6)67-65(69)58-55-52-49-46-43-40-26-23-20-17-14-11-8-2/h54,57,63-64H,7-53,55-56,58-62H2,1-6H3,(H-,67,69,71,72)/p+1/b57-54-. The molecule has 0 aromatic heterocycles. The fourth-order valence-electron chi connectivity index (χ4n) is 10.3. The lowest BCUT2D eigenvalue weighted by atomic mass is 10.0. The summed E-state index contributed by atoms with van der Waals surface area (Å²) in [4.78, 5) is 37.7. The Morgan fingerprint density at radius 3 is 1.08 bits per heavy atom. The van der Waals surface area contributed by atoms with Crippen molar-refractivity contribution in [3.63, 3.8) is 0 Å². The van der Waals surface area contributed by atoms with Crippen LogP contribution in [-0.4, -0.2) is 74.3 Å². The number of quaternary nitrogens is 1. The molecular weight excluding hydrogens is 964 g/mol. The normalized spacial score (nSPS) is 13.6. The van der Waals surface area contributed by atoms with Crippen molar-refractivity contribution < 1.29 is 37.3 Å². The fourth-order valence-corrected chi connectivity index (χ4v) is 11.0. The van der Waals surface area contributed by atoms with Crippen LogP contribution in [0.25, 0.3) is 0 Å². The van der Waals surface area contributed by atoms with E-state index in [0.717, 1.165) is 57.8 Å². The number of phosphoric ester groups is 1. The van der Waals surface area contributed by atoms with Gasteiger partial charge in [-0.25, -0.2) is 4.57 Å². The van der Waals surface area contributed by atoms with Crippen LogP contribution in [-0.2, 0) is 27.9 Å². The molecule has 9 nitrogen and oxygen atoms in total. The van der Waals surface area contributed by atoms with Gasteiger partial charge in [-0.3, -0.25) is 18.6 Å². The number of ether oxygens (including phenoxy) is 1. The molecule has 0 fully saturated rings. The van der Waals surface area contributed by atoms with Crippen LogP contribution in [0.15, 0.2) is 12.2 Å². The molecule has 10 heteroatoms. The largest absolute Gasteiger partial charge is 0.472 e. The summed E-state index contributed by atoms with van der Waals surface area (Å²) < 4.78 is 30.7. The van der Waals surface area contributed by atoms with E-state index in [9.17, 15) is 19.0 Å². The number of carbonyl (C=O) groups is 2. The Hall–Kier alpha value is -1.25. The first-order valence-electron chi connectivity index (χ1n) is 33.5. The number of phosphoric acid groups is 1. The van der Waals surface area contributed by atoms with Crippen LogP contribution in [0, 0.1) is 0 Å². The lowest BCUT2D eigenvalue weighted by Crippen LogP contribution is -2.47. The molecule has 0 rings (SSSR count). The van der Waals surface area contributed by atoms with Gasteiger partial charge in [0.05, 0.1) is 33.8 Å². The zero-order valence-corrected chi connectivity index (χ0v) is 52.7. The molecule has 0 saturated heterocycles. The molecule has 0 radical (unpaired) electrons. The third-order valence-corrected chi connectivity index (χ3v) is 16.5. The minimum absolute atomic E-state index is 0.0458. The summed E-state index contributed by atoms with van der Waals surface area (Å²) >= 11 is 0. The van der Waals surface area contributed by atoms with E-state index >= 15 is 0 Å². The van der Waals surface area contributed by atoms with Gasteiger partial charge in [0.25, 0.3) is 0 Å². The highest BCUT2D eigenvalue weighted by atomic mass is 31.2. The van der Waals surface area contributed by atoms with Gasteiger partial charge in [-0.05, 0) is 31.8 Å². The second-order valence-electron chi connectivity index (χ2n) is 24.4. The molecule has 0 aromatic carbocycles. The number of hydrogen-bond donors (Lipinski definition) is 2. The molecule has 0 bridgehead atoms. The topological polar surface area (TPSA) is 111 Å². The van der Waals surface area contributed by atoms with Crippen LogP contribution >= 0.6 is 7.82 Å². The maximum absolute atomic E-state index is 13.5. The summed E-state index contributed by atoms with van der Waals surface area (Å²) in [5.74, 6) is -0.482. The van der Waals surface area contributed by atoms with Gasteiger partial charge in [0, 0.05) is 12.8 Å². The number of unbranched alkanes of at least 4 members (excludes halogenated alkanes) is 46. The van der Waals surface area contributed by atoms with E-state index in [-0.39, 0.29) is 25.1 Å². The smallest absolute Gasteiger partial charge is 0.456 e. The number of hydrogen-bond acceptors (Lipinski definition) is 6. The van der Waals surface area contributed by atoms with Gasteiger partial charge in [0.1, 0.15) is 19.3 Å². The van der Waals surface area contributed by atoms with Gasteiger partial charge < -0.3 is 19.4 Å². The molecule has 0 aliphatic carbocycles. The van der Waals surface area contributed by atoms with E-state index in [4.69, 9.17) is 13.8 Å². The lowest BCUT2D eigenvalue weighted by molar-refractivity contribution is -0.870. The van der Waals surface area contributed by atoms with Gasteiger partial charge >= 0.3 is 13.8 Å². The van der Waals surface area contributed by atoms with Crippen molar-refractivity contribution >= 4 is 19.7 Å². The molecule has 452 valence electrons. The van der Waals surface area contributed by atoms with E-state index in [2.05, 4.69) is 26.1 Å². The van der Waals surface area contributed by atoms with Crippen LogP contribution in [0.4, 0.5) is 0 Å². The molecule has 76 heavy (non-hydrogen) atoms. The van der Waals surface area contributed by atoms with E-state index < -0.39 is 20.0 Å². The average molecular weight is 1100 g/mol. The number of likely N-dealkylation sites (N-methyl/N-ethyl adjacent to an activating group) is 1. The first-order chi connectivity index (χ1) is 36.9. The zero-order valence-electron chi connectivity index (χ0n) is 51.8. The summed E-state index contributed by atoms with van der Waals surface area (Å²) in [7, 11) is 1.52. The Bertz CT molecular complexity index is 1310. The second-order valence-corrected chi connectivity index (χ2v) is 25.8. The number of allylic oxidation sites excluding steroid dienone is 1. The van der Waals surface area contributed by atoms with Crippen molar-refractivity contribution in [1.29, 1.82) is 0 Å². The Morgan fingerprint density at radius 1 is 0.447 bits per heavy atom. The number of esters is 1. The monoisotopic (exact) mass is 1100 g/mol. The predicted octanol–water partition coefficient (Wildman–Crippen LogP) is 20.7. The number of carbonyl (C=O) groups excluding carboxylic acids is 2. The minimum atomic E-state index is -4.44. The predicted molar refractivity (Wildman–Crippen MR) is 328 cm³/mol. The van der Waals surface area contributed by atoms with Gasteiger partial charge in [0.2, 0.25) is 5.91 Å². The van der Waals surface area contributed by atoms with E-state index in [0.29, 0.717) is 23.9 Å². The first-order valence-corrected chi connectivity index (χ1v) is 35.0. The maximum Gasteiger partial charge on any atom is 0.472 e. The highest BCUT2D eigenvalue weighted by Crippen LogP contribution is 2.43. The van der Waals surface area contributed by atoms with Gasteiger partial charge in [-0.15, -0.1) is 0 Å². The number of nitrogens with zero attached hydrogens (tertiary/aromatic N) is 1. The third kappa shape index (κ3) is 57.4. The van der Waals surface area contributed by atoms with E-state index in [1.54, 1.807) is 0 Å². The van der Waals surface area contributed by atoms with Crippen molar-refractivity contribution in [3.05, 3.63) is 12.2 Å². The summed E-state index contributed by atoms with van der Waals surface area (Å²) in [5.41, 5.74) is 0. The second kappa shape index (κ2) is 57.0. The van der Waals surface area contributed by atoms with Crippen LogP contribution < -0.4 is 5.32 Å². The average Bonchev–Trinajstić information content (AvgIpc) is 3.38. The minimum Gasteiger partial charge on any atom is -0.456 e. The Kier molecular flexibility index (Phi) is 56.1. The molecule has 0 heterocycles. The van der Waals surface area contributed by atoms with Gasteiger partial charge in [-0.2, -0.15) is 0 Å². The van der Waals surface area contributed by atoms with Crippen LogP contribution in [0.3, 0.4) is 0 Å². The van der Waals surface area contributed by atoms with Crippen LogP contribution in [0.5, 0.6) is 0 Å². The molecule has 0 aliphatic heterocycles. The molecule has 0 spiro atoms. The van der Waals surface area contributed by atoms with Crippen molar-refractivity contribution in [2.24, 2.45) is 0 Å². The molecule has 3 atom stereocenters. The molecule has 0 aliphatic rings. The number of nitrogens with one attached hydrogen (secondary N) is 1. The Balaban J connectivity index is 5.00. The lowest BCUT2D eigenvalue weighted by Gasteiger charge is -2.27. The number of amides is 1. The van der Waals surface area contributed by atoms with Crippen LogP contribution in [0.1, 0.15) is 348 Å². The maximum atomic E-state index is 13.5. The quantitative estimate of drug-likeness (QED) is 0.0205. The Morgan fingerprint density at radius 2 is 0.750 bits per heavy atom. The summed E-state index contributed by atoms with van der Waals surface area (Å²) in [6.45, 7) is 7.07. The molecule has 3 unspecified atom stereocenters. The first kappa shape index (κ1) is 74.8. The molecule has 0 saturated carbocycles. The van der Waals surface area contributed by atoms with Gasteiger partial charge in [-0.1, -0.05) is 316 Å². The van der Waals surface area contributed by atoms with Gasteiger partial charge in [0.15, 0.2) is 0 Å². The third-order valence-electron chi connectivity index (χ3n) is 15.5. The SMILES string of the molecule is CCCCCCCCCCCC/C=C\C(OC(=O)CCCCCCCCCCCCCCCCCCCCCCCCCCC)C(COP(=O)(O)OCC[N+](C)(C)C)NC(=O)CCCCCCCCCCCCCCC. The molecular formula is C66H132N2O7P+. The fraction of sp³-hybridized carbons (Fsp3) is 0.939. The van der Waals surface area contributed by atoms with Crippen LogP contribution in [0.2, 0.25) is 0 Å². The summed E-state index contributed by atoms with van der Waals surface area (Å²) in [6, 6.07) is -0.839. The molecule has 0 aromatic rings. The number of rotatable bonds is 62. The zero-order chi connectivity index (χ0) is 55.7. The Labute approximate surface area is 473 Å². The van der Waals surface area contributed by atoms with E-state index in [1.807, 2.05) is 33.3 Å². The molecule has 2 N–H and O–H groups in total. The van der Waals surface area contributed by atoms with Crippen molar-refractivity contribution in [1.82, 2.24) is 5.32 Å². The summed E-state index contributed by atoms with van der Waals surface area (Å²) in [5, 5.41) is 3.07. The summed E-state index contributed by atoms with van der Waals surface area (Å²) in [6.07, 6.45) is 66.5. The van der Waals surface area contributed by atoms with Crippen molar-refractivity contribution in [3.8, 4) is 0 Å². The van der Waals surface area contributed by atoms with Crippen molar-refractivity contribution in [2.75, 3.05) is 40.9 Å². The van der Waals surface area contributed by atoms with Crippen molar-refractivity contribution in [2.45, 2.75) is 360 Å². The highest BCUT2D eigenvalue weighted by Gasteiger charge is 2.30. The molecule has 1 amide bonds.